The summed E-state index contributed by atoms with van der Waals surface area (Å²) in [6, 6.07) is 5.19. The van der Waals surface area contributed by atoms with Gasteiger partial charge in [-0.3, -0.25) is 5.41 Å². The quantitative estimate of drug-likeness (QED) is 0.434. The van der Waals surface area contributed by atoms with E-state index in [0.29, 0.717) is 29.5 Å². The summed E-state index contributed by atoms with van der Waals surface area (Å²) in [6.45, 7) is 3.80. The van der Waals surface area contributed by atoms with Crippen molar-refractivity contribution in [1.29, 1.82) is 5.41 Å². The third-order valence-electron chi connectivity index (χ3n) is 2.37. The molecule has 0 aliphatic rings. The van der Waals surface area contributed by atoms with Crippen molar-refractivity contribution in [1.82, 2.24) is 0 Å². The van der Waals surface area contributed by atoms with Crippen molar-refractivity contribution >= 4 is 17.4 Å². The van der Waals surface area contributed by atoms with Crippen LogP contribution in [-0.2, 0) is 4.74 Å². The number of nitrogen functional groups attached to an aromatic ring is 1. The fourth-order valence-electron chi connectivity index (χ4n) is 1.45. The minimum Gasteiger partial charge on any atom is -0.490 e. The molecular formula is C13H19ClN2O2. The van der Waals surface area contributed by atoms with Gasteiger partial charge in [0.15, 0.2) is 0 Å². The maximum atomic E-state index is 7.47. The lowest BCUT2D eigenvalue weighted by Crippen LogP contribution is -2.15. The molecule has 0 atom stereocenters. The van der Waals surface area contributed by atoms with Gasteiger partial charge in [-0.05, 0) is 18.6 Å². The topological polar surface area (TPSA) is 68.3 Å². The first-order valence-electron chi connectivity index (χ1n) is 6.00. The highest BCUT2D eigenvalue weighted by molar-refractivity contribution is 6.34. The summed E-state index contributed by atoms with van der Waals surface area (Å²) in [5.74, 6) is 0.427. The second-order valence-electron chi connectivity index (χ2n) is 3.84. The number of nitrogens with two attached hydrogens (primary N) is 1. The number of rotatable bonds is 8. The van der Waals surface area contributed by atoms with E-state index in [1.165, 1.54) is 0 Å². The van der Waals surface area contributed by atoms with Gasteiger partial charge < -0.3 is 15.2 Å². The maximum Gasteiger partial charge on any atom is 0.131 e. The molecule has 3 N–H and O–H groups in total. The Morgan fingerprint density at radius 1 is 1.33 bits per heavy atom. The van der Waals surface area contributed by atoms with Gasteiger partial charge in [-0.25, -0.2) is 0 Å². The number of hydrogen-bond acceptors (Lipinski definition) is 3. The summed E-state index contributed by atoms with van der Waals surface area (Å²) in [4.78, 5) is 0. The second kappa shape index (κ2) is 7.95. The van der Waals surface area contributed by atoms with Crippen LogP contribution in [0.25, 0.3) is 0 Å². The minimum atomic E-state index is -0.0949. The van der Waals surface area contributed by atoms with Crippen LogP contribution in [0.15, 0.2) is 18.2 Å². The van der Waals surface area contributed by atoms with Gasteiger partial charge in [0, 0.05) is 6.61 Å². The third kappa shape index (κ3) is 4.55. The van der Waals surface area contributed by atoms with E-state index in [2.05, 4.69) is 6.92 Å². The molecule has 100 valence electrons. The van der Waals surface area contributed by atoms with E-state index >= 15 is 0 Å². The molecular weight excluding hydrogens is 252 g/mol. The first kappa shape index (κ1) is 14.8. The van der Waals surface area contributed by atoms with Crippen LogP contribution < -0.4 is 10.5 Å². The predicted octanol–water partition coefficient (Wildman–Crippen LogP) is 2.82. The van der Waals surface area contributed by atoms with Gasteiger partial charge in [0.1, 0.15) is 18.2 Å². The Labute approximate surface area is 113 Å². The number of halogens is 1. The number of unbranched alkanes of at least 4 members (excludes halogenated alkanes) is 1. The number of amidine groups is 1. The molecule has 0 aliphatic carbocycles. The zero-order chi connectivity index (χ0) is 13.4. The molecule has 0 fully saturated rings. The largest absolute Gasteiger partial charge is 0.490 e. The van der Waals surface area contributed by atoms with Crippen LogP contribution in [0.1, 0.15) is 25.3 Å². The molecule has 4 nitrogen and oxygen atoms in total. The van der Waals surface area contributed by atoms with Crippen LogP contribution in [0.4, 0.5) is 0 Å². The van der Waals surface area contributed by atoms with Crippen molar-refractivity contribution in [3.8, 4) is 5.75 Å². The third-order valence-corrected chi connectivity index (χ3v) is 2.69. The highest BCUT2D eigenvalue weighted by Crippen LogP contribution is 2.25. The van der Waals surface area contributed by atoms with Gasteiger partial charge in [0.2, 0.25) is 0 Å². The molecule has 0 heterocycles. The number of ether oxygens (including phenoxy) is 2. The first-order valence-corrected chi connectivity index (χ1v) is 6.38. The molecule has 0 bridgehead atoms. The van der Waals surface area contributed by atoms with E-state index in [-0.39, 0.29) is 5.84 Å². The van der Waals surface area contributed by atoms with Gasteiger partial charge >= 0.3 is 0 Å². The zero-order valence-corrected chi connectivity index (χ0v) is 11.3. The second-order valence-corrected chi connectivity index (χ2v) is 4.25. The molecule has 1 aromatic rings. The van der Waals surface area contributed by atoms with Gasteiger partial charge in [0.25, 0.3) is 0 Å². The standard InChI is InChI=1S/C13H19ClN2O2/c1-2-3-7-17-8-9-18-11-6-4-5-10(14)12(11)13(15)16/h4-6H,2-3,7-9H2,1H3,(H3,15,16). The average molecular weight is 271 g/mol. The van der Waals surface area contributed by atoms with Crippen molar-refractivity contribution in [3.05, 3.63) is 28.8 Å². The predicted molar refractivity (Wildman–Crippen MR) is 73.7 cm³/mol. The van der Waals surface area contributed by atoms with Crippen LogP contribution >= 0.6 is 11.6 Å². The maximum absolute atomic E-state index is 7.47. The van der Waals surface area contributed by atoms with Crippen molar-refractivity contribution < 1.29 is 9.47 Å². The zero-order valence-electron chi connectivity index (χ0n) is 10.5. The van der Waals surface area contributed by atoms with E-state index < -0.39 is 0 Å². The molecule has 0 radical (unpaired) electrons. The molecule has 5 heteroatoms. The van der Waals surface area contributed by atoms with Crippen LogP contribution in [-0.4, -0.2) is 25.7 Å². The Kier molecular flexibility index (Phi) is 6.54. The van der Waals surface area contributed by atoms with Crippen molar-refractivity contribution in [3.63, 3.8) is 0 Å². The molecule has 0 saturated heterocycles. The van der Waals surface area contributed by atoms with Crippen molar-refractivity contribution in [2.75, 3.05) is 19.8 Å². The summed E-state index contributed by atoms with van der Waals surface area (Å²) < 4.78 is 10.9. The Morgan fingerprint density at radius 2 is 2.11 bits per heavy atom. The molecule has 0 aromatic heterocycles. The summed E-state index contributed by atoms with van der Waals surface area (Å²) in [7, 11) is 0. The van der Waals surface area contributed by atoms with Crippen molar-refractivity contribution in [2.45, 2.75) is 19.8 Å². The molecule has 0 aliphatic heterocycles. The first-order chi connectivity index (χ1) is 8.66. The van der Waals surface area contributed by atoms with E-state index in [4.69, 9.17) is 32.2 Å². The lowest BCUT2D eigenvalue weighted by molar-refractivity contribution is 0.0980. The van der Waals surface area contributed by atoms with E-state index in [1.807, 2.05) is 0 Å². The highest BCUT2D eigenvalue weighted by atomic mass is 35.5. The lowest BCUT2D eigenvalue weighted by Gasteiger charge is -2.12. The van der Waals surface area contributed by atoms with Crippen molar-refractivity contribution in [2.24, 2.45) is 5.73 Å². The van der Waals surface area contributed by atoms with Crippen LogP contribution in [0.3, 0.4) is 0 Å². The summed E-state index contributed by atoms with van der Waals surface area (Å²) >= 11 is 5.97. The Bertz CT molecular complexity index is 397. The Morgan fingerprint density at radius 3 is 2.78 bits per heavy atom. The number of nitrogens with one attached hydrogen (secondary N) is 1. The summed E-state index contributed by atoms with van der Waals surface area (Å²) in [5.41, 5.74) is 5.91. The molecule has 18 heavy (non-hydrogen) atoms. The normalized spacial score (nSPS) is 10.3. The highest BCUT2D eigenvalue weighted by Gasteiger charge is 2.10. The molecule has 1 rings (SSSR count). The molecule has 0 saturated carbocycles. The van der Waals surface area contributed by atoms with Gasteiger partial charge in [-0.2, -0.15) is 0 Å². The molecule has 0 amide bonds. The summed E-state index contributed by atoms with van der Waals surface area (Å²) in [6.07, 6.45) is 2.17. The lowest BCUT2D eigenvalue weighted by atomic mass is 10.2. The minimum absolute atomic E-state index is 0.0949. The summed E-state index contributed by atoms with van der Waals surface area (Å²) in [5, 5.41) is 7.89. The van der Waals surface area contributed by atoms with Gasteiger partial charge in [-0.15, -0.1) is 0 Å². The fraction of sp³-hybridized carbons (Fsp3) is 0.462. The van der Waals surface area contributed by atoms with Crippen LogP contribution in [0.2, 0.25) is 5.02 Å². The smallest absolute Gasteiger partial charge is 0.131 e. The average Bonchev–Trinajstić information content (AvgIpc) is 2.33. The molecule has 1 aromatic carbocycles. The van der Waals surface area contributed by atoms with Crippen LogP contribution in [0, 0.1) is 5.41 Å². The van der Waals surface area contributed by atoms with E-state index in [1.54, 1.807) is 18.2 Å². The van der Waals surface area contributed by atoms with Gasteiger partial charge in [-0.1, -0.05) is 31.0 Å². The SMILES string of the molecule is CCCCOCCOc1cccc(Cl)c1C(=N)N. The van der Waals surface area contributed by atoms with E-state index in [9.17, 15) is 0 Å². The van der Waals surface area contributed by atoms with E-state index in [0.717, 1.165) is 19.4 Å². The molecule has 0 unspecified atom stereocenters. The monoisotopic (exact) mass is 270 g/mol. The van der Waals surface area contributed by atoms with Gasteiger partial charge in [0.05, 0.1) is 17.2 Å². The number of benzene rings is 1. The molecule has 0 spiro atoms. The van der Waals surface area contributed by atoms with Crippen LogP contribution in [0.5, 0.6) is 5.75 Å². The number of hydrogen-bond donors (Lipinski definition) is 2. The Hall–Kier alpha value is -1.26. The Balaban J connectivity index is 2.47. The fourth-order valence-corrected chi connectivity index (χ4v) is 1.71.